The van der Waals surface area contributed by atoms with Crippen LogP contribution in [0.25, 0.3) is 11.3 Å². The molecule has 4 rings (SSSR count). The minimum Gasteiger partial charge on any atom is -0.497 e. The van der Waals surface area contributed by atoms with E-state index in [0.717, 1.165) is 32.5 Å². The van der Waals surface area contributed by atoms with E-state index in [1.165, 1.54) is 4.68 Å². The van der Waals surface area contributed by atoms with Crippen LogP contribution >= 0.6 is 15.9 Å². The van der Waals surface area contributed by atoms with Crippen molar-refractivity contribution in [3.63, 3.8) is 0 Å². The molecular formula is C28H25BrN2O3. The van der Waals surface area contributed by atoms with Crippen molar-refractivity contribution in [3.8, 4) is 17.0 Å². The first kappa shape index (κ1) is 23.6. The Bertz CT molecular complexity index is 1340. The Hall–Kier alpha value is -3.51. The number of rotatable bonds is 8. The number of halogens is 1. The second-order valence-corrected chi connectivity index (χ2v) is 9.17. The van der Waals surface area contributed by atoms with Crippen LogP contribution in [0.2, 0.25) is 0 Å². The maximum absolute atomic E-state index is 13.3. The summed E-state index contributed by atoms with van der Waals surface area (Å²) in [6.07, 6.45) is 0.676. The van der Waals surface area contributed by atoms with E-state index in [0.29, 0.717) is 17.7 Å². The Balaban J connectivity index is 1.67. The van der Waals surface area contributed by atoms with E-state index in [4.69, 9.17) is 4.74 Å². The van der Waals surface area contributed by atoms with Crippen molar-refractivity contribution in [3.05, 3.63) is 116 Å². The largest absolute Gasteiger partial charge is 0.497 e. The molecule has 0 aliphatic rings. The number of ether oxygens (including phenoxy) is 1. The van der Waals surface area contributed by atoms with E-state index in [9.17, 15) is 9.59 Å². The van der Waals surface area contributed by atoms with Gasteiger partial charge in [0.2, 0.25) is 0 Å². The minimum atomic E-state index is -0.254. The molecule has 6 heteroatoms. The third-order valence-electron chi connectivity index (χ3n) is 5.59. The van der Waals surface area contributed by atoms with Gasteiger partial charge in [0.1, 0.15) is 12.3 Å². The van der Waals surface area contributed by atoms with Crippen LogP contribution in [-0.4, -0.2) is 22.7 Å². The summed E-state index contributed by atoms with van der Waals surface area (Å²) in [5.41, 5.74) is 4.92. The first-order chi connectivity index (χ1) is 16.4. The van der Waals surface area contributed by atoms with Gasteiger partial charge in [-0.05, 0) is 48.4 Å². The maximum Gasteiger partial charge on any atom is 0.270 e. The molecule has 1 aromatic heterocycles. The van der Waals surface area contributed by atoms with Gasteiger partial charge in [0.25, 0.3) is 5.56 Å². The van der Waals surface area contributed by atoms with Gasteiger partial charge in [-0.2, -0.15) is 5.10 Å². The number of hydrogen-bond acceptors (Lipinski definition) is 4. The van der Waals surface area contributed by atoms with E-state index in [2.05, 4.69) is 21.0 Å². The number of benzene rings is 3. The van der Waals surface area contributed by atoms with Gasteiger partial charge in [-0.1, -0.05) is 70.0 Å². The highest BCUT2D eigenvalue weighted by molar-refractivity contribution is 9.10. The van der Waals surface area contributed by atoms with Crippen LogP contribution in [0.4, 0.5) is 0 Å². The molecule has 0 saturated heterocycles. The topological polar surface area (TPSA) is 61.2 Å². The third-order valence-corrected chi connectivity index (χ3v) is 6.12. The molecule has 0 amide bonds. The average Bonchev–Trinajstić information content (AvgIpc) is 2.84. The lowest BCUT2D eigenvalue weighted by Crippen LogP contribution is -2.30. The van der Waals surface area contributed by atoms with Gasteiger partial charge in [-0.25, -0.2) is 4.68 Å². The fourth-order valence-corrected chi connectivity index (χ4v) is 3.98. The van der Waals surface area contributed by atoms with Crippen LogP contribution in [0.15, 0.2) is 88.1 Å². The zero-order chi connectivity index (χ0) is 24.1. The maximum atomic E-state index is 13.3. The normalized spacial score (nSPS) is 10.8. The summed E-state index contributed by atoms with van der Waals surface area (Å²) in [4.78, 5) is 26.1. The Labute approximate surface area is 207 Å². The summed E-state index contributed by atoms with van der Waals surface area (Å²) in [6, 6.07) is 25.0. The third kappa shape index (κ3) is 5.88. The molecule has 0 unspecified atom stereocenters. The SMILES string of the molecule is COc1ccc(Cc2cc(-c3ccc(C)cc3)nn(CC(=O)Cc3ccc(Br)cc3)c2=O)cc1. The fraction of sp³-hybridized carbons (Fsp3) is 0.179. The molecule has 0 radical (unpaired) electrons. The Morgan fingerprint density at radius 1 is 0.941 bits per heavy atom. The van der Waals surface area contributed by atoms with E-state index in [1.807, 2.05) is 85.8 Å². The number of Topliss-reactive ketones (excluding diaryl/α,β-unsaturated/α-hetero) is 1. The molecule has 0 saturated carbocycles. The van der Waals surface area contributed by atoms with Crippen LogP contribution in [0, 0.1) is 6.92 Å². The van der Waals surface area contributed by atoms with Crippen molar-refractivity contribution in [1.29, 1.82) is 0 Å². The molecule has 4 aromatic rings. The molecule has 1 heterocycles. The van der Waals surface area contributed by atoms with Crippen LogP contribution in [0.5, 0.6) is 5.75 Å². The standard InChI is InChI=1S/C28H25BrN2O3/c1-19-3-9-22(10-4-19)27-17-23(15-20-7-13-26(34-2)14-8-20)28(33)31(30-27)18-25(32)16-21-5-11-24(29)12-6-21/h3-14,17H,15-16,18H2,1-2H3. The predicted molar refractivity (Wildman–Crippen MR) is 137 cm³/mol. The van der Waals surface area contributed by atoms with Gasteiger partial charge < -0.3 is 4.74 Å². The number of carbonyl (C=O) groups excluding carboxylic acids is 1. The van der Waals surface area contributed by atoms with E-state index in [-0.39, 0.29) is 24.3 Å². The van der Waals surface area contributed by atoms with Gasteiger partial charge in [-0.3, -0.25) is 9.59 Å². The summed E-state index contributed by atoms with van der Waals surface area (Å²) in [7, 11) is 1.62. The number of hydrogen-bond donors (Lipinski definition) is 0. The summed E-state index contributed by atoms with van der Waals surface area (Å²) in [5.74, 6) is 0.683. The monoisotopic (exact) mass is 516 g/mol. The highest BCUT2D eigenvalue weighted by Crippen LogP contribution is 2.20. The second-order valence-electron chi connectivity index (χ2n) is 8.25. The highest BCUT2D eigenvalue weighted by atomic mass is 79.9. The smallest absolute Gasteiger partial charge is 0.270 e. The van der Waals surface area contributed by atoms with Crippen molar-refractivity contribution in [2.24, 2.45) is 0 Å². The predicted octanol–water partition coefficient (Wildman–Crippen LogP) is 5.39. The molecule has 34 heavy (non-hydrogen) atoms. The van der Waals surface area contributed by atoms with E-state index < -0.39 is 0 Å². The molecule has 0 atom stereocenters. The fourth-order valence-electron chi connectivity index (χ4n) is 3.71. The molecule has 0 bridgehead atoms. The molecule has 0 N–H and O–H groups in total. The summed E-state index contributed by atoms with van der Waals surface area (Å²) < 4.78 is 7.49. The van der Waals surface area contributed by atoms with Crippen molar-refractivity contribution >= 4 is 21.7 Å². The van der Waals surface area contributed by atoms with Crippen molar-refractivity contribution in [2.45, 2.75) is 26.3 Å². The zero-order valence-electron chi connectivity index (χ0n) is 19.1. The molecule has 172 valence electrons. The first-order valence-corrected chi connectivity index (χ1v) is 11.8. The molecule has 0 aliphatic heterocycles. The lowest BCUT2D eigenvalue weighted by molar-refractivity contribution is -0.119. The average molecular weight is 517 g/mol. The first-order valence-electron chi connectivity index (χ1n) is 11.0. The number of methoxy groups -OCH3 is 1. The van der Waals surface area contributed by atoms with Crippen molar-refractivity contribution in [2.75, 3.05) is 7.11 Å². The van der Waals surface area contributed by atoms with Gasteiger partial charge in [0.05, 0.1) is 12.8 Å². The number of ketones is 1. The Morgan fingerprint density at radius 3 is 2.24 bits per heavy atom. The second kappa shape index (κ2) is 10.6. The van der Waals surface area contributed by atoms with Gasteiger partial charge in [0.15, 0.2) is 5.78 Å². The summed E-state index contributed by atoms with van der Waals surface area (Å²) in [6.45, 7) is 1.94. The molecule has 0 aliphatic carbocycles. The van der Waals surface area contributed by atoms with Crippen LogP contribution in [0.1, 0.15) is 22.3 Å². The molecular weight excluding hydrogens is 492 g/mol. The van der Waals surface area contributed by atoms with E-state index in [1.54, 1.807) is 7.11 Å². The van der Waals surface area contributed by atoms with Crippen molar-refractivity contribution < 1.29 is 9.53 Å². The summed E-state index contributed by atoms with van der Waals surface area (Å²) >= 11 is 3.41. The van der Waals surface area contributed by atoms with Crippen LogP contribution in [0.3, 0.4) is 0 Å². The zero-order valence-corrected chi connectivity index (χ0v) is 20.7. The van der Waals surface area contributed by atoms with Gasteiger partial charge >= 0.3 is 0 Å². The molecule has 0 spiro atoms. The quantitative estimate of drug-likeness (QED) is 0.315. The molecule has 3 aromatic carbocycles. The molecule has 0 fully saturated rings. The number of aryl methyl sites for hydroxylation is 1. The number of aromatic nitrogens is 2. The number of carbonyl (C=O) groups is 1. The van der Waals surface area contributed by atoms with Crippen LogP contribution < -0.4 is 10.3 Å². The molecule has 5 nitrogen and oxygen atoms in total. The lowest BCUT2D eigenvalue weighted by Gasteiger charge is -2.11. The minimum absolute atomic E-state index is 0.0756. The summed E-state index contributed by atoms with van der Waals surface area (Å²) in [5, 5.41) is 4.55. The Kier molecular flexibility index (Phi) is 7.38. The van der Waals surface area contributed by atoms with Gasteiger partial charge in [0, 0.05) is 28.4 Å². The van der Waals surface area contributed by atoms with E-state index >= 15 is 0 Å². The number of nitrogens with zero attached hydrogens (tertiary/aromatic N) is 2. The van der Waals surface area contributed by atoms with Gasteiger partial charge in [-0.15, -0.1) is 0 Å². The lowest BCUT2D eigenvalue weighted by atomic mass is 10.0. The highest BCUT2D eigenvalue weighted by Gasteiger charge is 2.14. The van der Waals surface area contributed by atoms with Crippen LogP contribution in [-0.2, 0) is 24.2 Å². The van der Waals surface area contributed by atoms with Crippen molar-refractivity contribution in [1.82, 2.24) is 9.78 Å². The Morgan fingerprint density at radius 2 is 1.59 bits per heavy atom.